The Hall–Kier alpha value is -0.0669. The molecule has 0 radical (unpaired) electrons. The van der Waals surface area contributed by atoms with Crippen LogP contribution in [0.1, 0.15) is 19.4 Å². The summed E-state index contributed by atoms with van der Waals surface area (Å²) in [6.07, 6.45) is 5.73. The fourth-order valence-electron chi connectivity index (χ4n) is 2.51. The topological polar surface area (TPSA) is 0 Å². The molecule has 21 heavy (non-hydrogen) atoms. The molecule has 0 aliphatic heterocycles. The summed E-state index contributed by atoms with van der Waals surface area (Å²) in [5.74, 6) is 0.441. The van der Waals surface area contributed by atoms with Crippen molar-refractivity contribution in [3.8, 4) is 0 Å². The molecule has 0 aromatic heterocycles. The van der Waals surface area contributed by atoms with Gasteiger partial charge in [-0.3, -0.25) is 6.08 Å². The molecule has 1 aliphatic rings. The molecule has 108 valence electrons. The Labute approximate surface area is 164 Å². The third-order valence-electron chi connectivity index (χ3n) is 3.33. The molecule has 0 amide bonds. The van der Waals surface area contributed by atoms with Crippen molar-refractivity contribution in [3.63, 3.8) is 0 Å². The minimum Gasteiger partial charge on any atom is -1.00 e. The van der Waals surface area contributed by atoms with E-state index in [-0.39, 0.29) is 63.4 Å². The predicted octanol–water partition coefficient (Wildman–Crippen LogP) is -4.37. The van der Waals surface area contributed by atoms with Crippen LogP contribution in [-0.4, -0.2) is 0 Å². The molecule has 0 bridgehead atoms. The van der Waals surface area contributed by atoms with Crippen molar-refractivity contribution in [2.24, 2.45) is 5.92 Å². The van der Waals surface area contributed by atoms with Crippen molar-refractivity contribution >= 4 is 16.3 Å². The number of allylic oxidation sites excluding steroid dienone is 4. The smallest absolute Gasteiger partial charge is 1.00 e. The molecular formula is C17H15Cl3Zr. The maximum absolute atomic E-state index is 3.44. The number of rotatable bonds is 1. The van der Waals surface area contributed by atoms with Gasteiger partial charge in [-0.1, -0.05) is 67.8 Å². The van der Waals surface area contributed by atoms with Crippen molar-refractivity contribution in [1.82, 2.24) is 0 Å². The number of benzene rings is 2. The van der Waals surface area contributed by atoms with E-state index in [4.69, 9.17) is 0 Å². The van der Waals surface area contributed by atoms with Gasteiger partial charge in [-0.2, -0.15) is 11.6 Å². The van der Waals surface area contributed by atoms with Gasteiger partial charge in [0.1, 0.15) is 0 Å². The Kier molecular flexibility index (Phi) is 10.9. The van der Waals surface area contributed by atoms with Crippen LogP contribution >= 0.6 is 0 Å². The first-order chi connectivity index (χ1) is 8.24. The summed E-state index contributed by atoms with van der Waals surface area (Å²) < 4.78 is 0. The molecule has 0 saturated carbocycles. The Balaban J connectivity index is 0. The number of fused-ring (bicyclic) bond motifs is 1. The van der Waals surface area contributed by atoms with Gasteiger partial charge in [-0.15, -0.1) is 0 Å². The first-order valence-corrected chi connectivity index (χ1v) is 6.05. The summed E-state index contributed by atoms with van der Waals surface area (Å²) in [6, 6.07) is 15.2. The van der Waals surface area contributed by atoms with Gasteiger partial charge in [-0.25, -0.2) is 5.57 Å². The Morgan fingerprint density at radius 2 is 1.52 bits per heavy atom. The second kappa shape index (κ2) is 9.85. The summed E-state index contributed by atoms with van der Waals surface area (Å²) in [7, 11) is 0. The normalized spacial score (nSPS) is 15.6. The third kappa shape index (κ3) is 4.96. The molecule has 0 nitrogen and oxygen atoms in total. The maximum Gasteiger partial charge on any atom is 4.00 e. The van der Waals surface area contributed by atoms with E-state index >= 15 is 0 Å². The van der Waals surface area contributed by atoms with Crippen LogP contribution in [0.15, 0.2) is 54.1 Å². The van der Waals surface area contributed by atoms with Crippen LogP contribution < -0.4 is 37.2 Å². The molecule has 0 saturated heterocycles. The molecule has 2 aromatic carbocycles. The van der Waals surface area contributed by atoms with Crippen LogP contribution in [0, 0.1) is 12.0 Å². The van der Waals surface area contributed by atoms with Gasteiger partial charge in [0.25, 0.3) is 0 Å². The van der Waals surface area contributed by atoms with Crippen LogP contribution in [0.3, 0.4) is 0 Å². The standard InChI is InChI=1S/C17H15.3ClH.Zr/c1-12-9-13(2)17(10-12)16-8-7-14-5-3-4-6-15(14)11-16;;;;/h3-8,10-12H,1-2H3;3*1H;/q-1;;;;+4/p-3. The maximum atomic E-state index is 3.44. The summed E-state index contributed by atoms with van der Waals surface area (Å²) in [4.78, 5) is 0. The second-order valence-corrected chi connectivity index (χ2v) is 4.70. The van der Waals surface area contributed by atoms with E-state index in [9.17, 15) is 0 Å². The van der Waals surface area contributed by atoms with Crippen molar-refractivity contribution in [3.05, 3.63) is 65.8 Å². The van der Waals surface area contributed by atoms with Crippen molar-refractivity contribution in [2.75, 3.05) is 0 Å². The van der Waals surface area contributed by atoms with Crippen molar-refractivity contribution in [1.29, 1.82) is 0 Å². The number of hydrogen-bond donors (Lipinski definition) is 0. The van der Waals surface area contributed by atoms with Gasteiger partial charge in [0.2, 0.25) is 0 Å². The fourth-order valence-corrected chi connectivity index (χ4v) is 2.51. The van der Waals surface area contributed by atoms with Crippen LogP contribution in [-0.2, 0) is 26.2 Å². The van der Waals surface area contributed by atoms with Crippen molar-refractivity contribution in [2.45, 2.75) is 13.8 Å². The van der Waals surface area contributed by atoms with E-state index in [1.165, 1.54) is 27.5 Å². The summed E-state index contributed by atoms with van der Waals surface area (Å²) in [5.41, 5.74) is 3.91. The van der Waals surface area contributed by atoms with Crippen LogP contribution in [0.5, 0.6) is 0 Å². The van der Waals surface area contributed by atoms with E-state index in [2.05, 4.69) is 68.5 Å². The van der Waals surface area contributed by atoms with E-state index < -0.39 is 0 Å². The monoisotopic (exact) mass is 414 g/mol. The Bertz CT molecular complexity index is 647. The molecule has 1 atom stereocenters. The second-order valence-electron chi connectivity index (χ2n) is 4.70. The zero-order valence-electron chi connectivity index (χ0n) is 11.8. The largest absolute Gasteiger partial charge is 4.00 e. The van der Waals surface area contributed by atoms with Crippen LogP contribution in [0.2, 0.25) is 0 Å². The van der Waals surface area contributed by atoms with Gasteiger partial charge in [-0.05, 0) is 10.8 Å². The van der Waals surface area contributed by atoms with Gasteiger partial charge in [0.15, 0.2) is 0 Å². The first-order valence-electron chi connectivity index (χ1n) is 6.05. The first kappa shape index (κ1) is 23.2. The minimum atomic E-state index is 0. The van der Waals surface area contributed by atoms with Gasteiger partial charge >= 0.3 is 26.2 Å². The molecule has 2 aromatic rings. The molecule has 3 rings (SSSR count). The van der Waals surface area contributed by atoms with E-state index in [0.29, 0.717) is 5.92 Å². The van der Waals surface area contributed by atoms with Gasteiger partial charge in [0, 0.05) is 0 Å². The minimum absolute atomic E-state index is 0. The van der Waals surface area contributed by atoms with Crippen molar-refractivity contribution < 1.29 is 63.4 Å². The molecule has 0 spiro atoms. The molecule has 1 aliphatic carbocycles. The fraction of sp³-hybridized carbons (Fsp3) is 0.176. The van der Waals surface area contributed by atoms with Gasteiger partial charge < -0.3 is 37.2 Å². The Morgan fingerprint density at radius 3 is 2.10 bits per heavy atom. The molecule has 4 heteroatoms. The van der Waals surface area contributed by atoms with Gasteiger partial charge in [0.05, 0.1) is 0 Å². The average molecular weight is 417 g/mol. The molecule has 0 heterocycles. The third-order valence-corrected chi connectivity index (χ3v) is 3.33. The van der Waals surface area contributed by atoms with E-state index in [0.717, 1.165) is 0 Å². The molecule has 0 fully saturated rings. The Morgan fingerprint density at radius 1 is 0.905 bits per heavy atom. The van der Waals surface area contributed by atoms with E-state index in [1.807, 2.05) is 0 Å². The average Bonchev–Trinajstić information content (AvgIpc) is 2.68. The molecule has 1 unspecified atom stereocenters. The van der Waals surface area contributed by atoms with Crippen LogP contribution in [0.25, 0.3) is 16.3 Å². The molecule has 0 N–H and O–H groups in total. The summed E-state index contributed by atoms with van der Waals surface area (Å²) >= 11 is 0. The zero-order chi connectivity index (χ0) is 11.8. The molecular weight excluding hydrogens is 402 g/mol. The van der Waals surface area contributed by atoms with Crippen LogP contribution in [0.4, 0.5) is 0 Å². The SMILES string of the molecule is CC1=[C-]C(C)C=C1c1ccc2ccccc2c1.[Cl-].[Cl-].[Cl-].[Zr+4]. The number of halogens is 3. The number of hydrogen-bond acceptors (Lipinski definition) is 0. The zero-order valence-corrected chi connectivity index (χ0v) is 16.6. The summed E-state index contributed by atoms with van der Waals surface area (Å²) in [5, 5.41) is 2.60. The quantitative estimate of drug-likeness (QED) is 0.412. The summed E-state index contributed by atoms with van der Waals surface area (Å²) in [6.45, 7) is 4.32. The van der Waals surface area contributed by atoms with E-state index in [1.54, 1.807) is 0 Å². The predicted molar refractivity (Wildman–Crippen MR) is 73.5 cm³/mol.